The van der Waals surface area contributed by atoms with Crippen LogP contribution in [0.25, 0.3) is 0 Å². The molecule has 0 saturated carbocycles. The third-order valence-electron chi connectivity index (χ3n) is 0.705. The van der Waals surface area contributed by atoms with E-state index < -0.39 is 20.0 Å². The molecule has 0 radical (unpaired) electrons. The molecular weight excluding hydrogens is 160 g/mol. The molecule has 7 heavy (non-hydrogen) atoms. The summed E-state index contributed by atoms with van der Waals surface area (Å²) in [5.74, 6) is 0. The highest BCUT2D eigenvalue weighted by molar-refractivity contribution is 6.97. The molecule has 7 heteroatoms. The summed E-state index contributed by atoms with van der Waals surface area (Å²) in [7, 11) is -1.26. The first-order valence-electron chi connectivity index (χ1n) is 2.23. The van der Waals surface area contributed by atoms with E-state index in [1.165, 1.54) is 0 Å². The van der Waals surface area contributed by atoms with Crippen LogP contribution in [0.2, 0.25) is 0 Å². The van der Waals surface area contributed by atoms with Crippen LogP contribution in [0, 0.1) is 0 Å². The van der Waals surface area contributed by atoms with Gasteiger partial charge in [-0.3, -0.25) is 0 Å². The first kappa shape index (κ1) is 5.88. The Morgan fingerprint density at radius 3 is 1.86 bits per heavy atom. The molecule has 0 aromatic carbocycles. The Balaban J connectivity index is 2.04. The van der Waals surface area contributed by atoms with Crippen molar-refractivity contribution < 1.29 is 12.3 Å². The monoisotopic (exact) mass is 168 g/mol. The minimum atomic E-state index is -0.493. The lowest BCUT2D eigenvalue weighted by Gasteiger charge is -1.92. The van der Waals surface area contributed by atoms with Crippen LogP contribution in [0.1, 0.15) is 0 Å². The van der Waals surface area contributed by atoms with E-state index >= 15 is 0 Å². The predicted molar refractivity (Wildman–Crippen MR) is 37.4 cm³/mol. The molecular formula is H8O3Si4. The molecule has 0 unspecified atom stereocenters. The van der Waals surface area contributed by atoms with E-state index in [-0.39, 0.29) is 18.6 Å². The molecule has 1 aliphatic rings. The average Bonchev–Trinajstić information content (AvgIpc) is 1.90. The van der Waals surface area contributed by atoms with Gasteiger partial charge in [-0.05, 0) is 0 Å². The van der Waals surface area contributed by atoms with E-state index in [2.05, 4.69) is 0 Å². The van der Waals surface area contributed by atoms with Gasteiger partial charge in [-0.1, -0.05) is 0 Å². The maximum Gasteiger partial charge on any atom is 0.284 e. The third kappa shape index (κ3) is 2.53. The molecule has 0 atom stereocenters. The lowest BCUT2D eigenvalue weighted by Crippen LogP contribution is -2.08. The van der Waals surface area contributed by atoms with Crippen molar-refractivity contribution in [3.05, 3.63) is 0 Å². The lowest BCUT2D eigenvalue weighted by atomic mass is 15.7. The second-order valence-electron chi connectivity index (χ2n) is 1.26. The zero-order chi connectivity index (χ0) is 4.95. The summed E-state index contributed by atoms with van der Waals surface area (Å²) >= 11 is 0. The third-order valence-corrected chi connectivity index (χ3v) is 11.5. The van der Waals surface area contributed by atoms with Crippen molar-refractivity contribution in [2.75, 3.05) is 0 Å². The zero-order valence-electron chi connectivity index (χ0n) is 4.05. The first-order valence-corrected chi connectivity index (χ1v) is 9.70. The largest absolute Gasteiger partial charge is 0.447 e. The summed E-state index contributed by atoms with van der Waals surface area (Å²) in [5.41, 5.74) is 0. The van der Waals surface area contributed by atoms with Gasteiger partial charge in [0, 0.05) is 0 Å². The summed E-state index contributed by atoms with van der Waals surface area (Å²) in [5, 5.41) is 0. The van der Waals surface area contributed by atoms with Crippen molar-refractivity contribution >= 4 is 38.6 Å². The average molecular weight is 168 g/mol. The fourth-order valence-electron chi connectivity index (χ4n) is 0.388. The van der Waals surface area contributed by atoms with Crippen LogP contribution >= 0.6 is 0 Å². The summed E-state index contributed by atoms with van der Waals surface area (Å²) in [6.45, 7) is 0. The van der Waals surface area contributed by atoms with Crippen LogP contribution in [0.4, 0.5) is 0 Å². The molecule has 1 saturated heterocycles. The fourth-order valence-corrected chi connectivity index (χ4v) is 9.85. The Hall–Kier alpha value is 0.748. The maximum absolute atomic E-state index is 5.22. The SMILES string of the molecule is O1[SiH2]O[SiH2][SiH2]O[SiH2]1. The molecule has 3 nitrogen and oxygen atoms in total. The van der Waals surface area contributed by atoms with Crippen LogP contribution in [0.5, 0.6) is 0 Å². The van der Waals surface area contributed by atoms with Gasteiger partial charge in [-0.25, -0.2) is 0 Å². The second-order valence-corrected chi connectivity index (χ2v) is 9.89. The fraction of sp³-hybridized carbons (Fsp3) is 0. The Morgan fingerprint density at radius 1 is 0.714 bits per heavy atom. The number of rotatable bonds is 0. The molecule has 0 spiro atoms. The van der Waals surface area contributed by atoms with Crippen molar-refractivity contribution in [1.29, 1.82) is 0 Å². The van der Waals surface area contributed by atoms with Gasteiger partial charge in [0.05, 0.1) is 0 Å². The van der Waals surface area contributed by atoms with Gasteiger partial charge in [0.2, 0.25) is 0 Å². The molecule has 0 aromatic heterocycles. The summed E-state index contributed by atoms with van der Waals surface area (Å²) < 4.78 is 15.5. The Morgan fingerprint density at radius 2 is 1.29 bits per heavy atom. The Labute approximate surface area is 51.5 Å². The van der Waals surface area contributed by atoms with Crippen LogP contribution < -0.4 is 0 Å². The lowest BCUT2D eigenvalue weighted by molar-refractivity contribution is 0.456. The van der Waals surface area contributed by atoms with E-state index in [0.29, 0.717) is 0 Å². The van der Waals surface area contributed by atoms with E-state index in [9.17, 15) is 0 Å². The minimum absolute atomic E-state index is 0.138. The highest BCUT2D eigenvalue weighted by Gasteiger charge is 1.97. The molecule has 1 heterocycles. The molecule has 0 aliphatic carbocycles. The number of hydrogen-bond donors (Lipinski definition) is 0. The Bertz CT molecular complexity index is 26.5. The smallest absolute Gasteiger partial charge is 0.284 e. The van der Waals surface area contributed by atoms with Gasteiger partial charge < -0.3 is 12.3 Å². The van der Waals surface area contributed by atoms with Gasteiger partial charge in [-0.15, -0.1) is 0 Å². The van der Waals surface area contributed by atoms with E-state index in [1.807, 2.05) is 0 Å². The van der Waals surface area contributed by atoms with Crippen molar-refractivity contribution in [2.24, 2.45) is 0 Å². The van der Waals surface area contributed by atoms with Gasteiger partial charge in [-0.2, -0.15) is 0 Å². The zero-order valence-corrected chi connectivity index (χ0v) is 9.71. The van der Waals surface area contributed by atoms with Crippen LogP contribution in [0.15, 0.2) is 0 Å². The highest BCUT2D eigenvalue weighted by atomic mass is 29.2. The summed E-state index contributed by atoms with van der Waals surface area (Å²) in [6.07, 6.45) is 0. The van der Waals surface area contributed by atoms with Crippen LogP contribution in [0.3, 0.4) is 0 Å². The molecule has 0 aromatic rings. The van der Waals surface area contributed by atoms with Crippen molar-refractivity contribution in [2.45, 2.75) is 0 Å². The predicted octanol–water partition coefficient (Wildman–Crippen LogP) is -3.87. The molecule has 0 amide bonds. The van der Waals surface area contributed by atoms with Crippen molar-refractivity contribution in [3.63, 3.8) is 0 Å². The summed E-state index contributed by atoms with van der Waals surface area (Å²) in [6, 6.07) is 0. The normalized spacial score (nSPS) is 37.7. The molecule has 0 bridgehead atoms. The highest BCUT2D eigenvalue weighted by Crippen LogP contribution is 1.77. The van der Waals surface area contributed by atoms with Crippen molar-refractivity contribution in [1.82, 2.24) is 0 Å². The molecule has 0 N–H and O–H groups in total. The molecule has 1 fully saturated rings. The standard InChI is InChI=1S/H8O3Si4/c1-4-2-6-7-3-5-1/h4-7H2. The summed E-state index contributed by atoms with van der Waals surface area (Å²) in [4.78, 5) is 0. The second kappa shape index (κ2) is 3.71. The van der Waals surface area contributed by atoms with Crippen molar-refractivity contribution in [3.8, 4) is 0 Å². The number of hydrogen-bond acceptors (Lipinski definition) is 3. The van der Waals surface area contributed by atoms with Gasteiger partial charge in [0.1, 0.15) is 0 Å². The first-order chi connectivity index (χ1) is 3.50. The van der Waals surface area contributed by atoms with Gasteiger partial charge in [0.25, 0.3) is 20.0 Å². The van der Waals surface area contributed by atoms with Gasteiger partial charge >= 0.3 is 0 Å². The van der Waals surface area contributed by atoms with Gasteiger partial charge in [0.15, 0.2) is 18.6 Å². The molecule has 42 valence electrons. The van der Waals surface area contributed by atoms with Crippen LogP contribution in [-0.4, -0.2) is 38.6 Å². The quantitative estimate of drug-likeness (QED) is 0.347. The maximum atomic E-state index is 5.22. The Kier molecular flexibility index (Phi) is 3.12. The minimum Gasteiger partial charge on any atom is -0.447 e. The van der Waals surface area contributed by atoms with E-state index in [1.54, 1.807) is 0 Å². The molecule has 1 aliphatic heterocycles. The molecule has 1 rings (SSSR count). The van der Waals surface area contributed by atoms with E-state index in [0.717, 1.165) is 0 Å². The van der Waals surface area contributed by atoms with E-state index in [4.69, 9.17) is 12.3 Å². The van der Waals surface area contributed by atoms with Crippen LogP contribution in [-0.2, 0) is 12.3 Å². The topological polar surface area (TPSA) is 27.7 Å².